The highest BCUT2D eigenvalue weighted by molar-refractivity contribution is 8.00. The molecule has 0 spiro atoms. The van der Waals surface area contributed by atoms with Crippen LogP contribution in [-0.4, -0.2) is 72.8 Å². The van der Waals surface area contributed by atoms with Crippen LogP contribution >= 0.6 is 11.8 Å². The number of carbonyl (C=O) groups excluding carboxylic acids is 3. The molecule has 4 fully saturated rings. The average molecular weight is 495 g/mol. The van der Waals surface area contributed by atoms with Crippen molar-refractivity contribution < 1.29 is 19.1 Å². The van der Waals surface area contributed by atoms with Gasteiger partial charge in [-0.2, -0.15) is 0 Å². The van der Waals surface area contributed by atoms with Gasteiger partial charge in [-0.3, -0.25) is 19.7 Å². The highest BCUT2D eigenvalue weighted by Gasteiger charge is 2.50. The van der Waals surface area contributed by atoms with Crippen LogP contribution in [0.1, 0.15) is 71.1 Å². The zero-order valence-corrected chi connectivity index (χ0v) is 21.4. The van der Waals surface area contributed by atoms with E-state index in [4.69, 9.17) is 4.74 Å². The molecule has 1 saturated carbocycles. The highest BCUT2D eigenvalue weighted by Crippen LogP contribution is 2.46. The van der Waals surface area contributed by atoms with Crippen molar-refractivity contribution >= 4 is 29.5 Å². The molecule has 3 aliphatic heterocycles. The number of rotatable bonds is 5. The summed E-state index contributed by atoms with van der Waals surface area (Å²) in [6, 6.07) is 0. The Morgan fingerprint density at radius 1 is 1.00 bits per heavy atom. The van der Waals surface area contributed by atoms with Gasteiger partial charge in [0.1, 0.15) is 0 Å². The Kier molecular flexibility index (Phi) is 9.15. The number of amides is 3. The first-order chi connectivity index (χ1) is 16.5. The van der Waals surface area contributed by atoms with Crippen molar-refractivity contribution in [2.24, 2.45) is 17.3 Å². The van der Waals surface area contributed by atoms with Gasteiger partial charge in [-0.05, 0) is 50.3 Å². The fourth-order valence-electron chi connectivity index (χ4n) is 6.40. The molecular formula is C25H42N4O4S. The SMILES string of the molecule is CC(=O)NC1CC(C(=O)NC2SCCC2C(=O)N2CCOCC2)(C2CCCCCCC2)CCN1. The van der Waals surface area contributed by atoms with Gasteiger partial charge in [-0.15, -0.1) is 11.8 Å². The Balaban J connectivity index is 1.51. The van der Waals surface area contributed by atoms with Crippen molar-refractivity contribution in [2.45, 2.75) is 82.7 Å². The summed E-state index contributed by atoms with van der Waals surface area (Å²) in [6.45, 7) is 4.69. The van der Waals surface area contributed by atoms with Crippen LogP contribution < -0.4 is 16.0 Å². The van der Waals surface area contributed by atoms with Gasteiger partial charge in [0.25, 0.3) is 0 Å². The molecule has 3 amide bonds. The van der Waals surface area contributed by atoms with Crippen molar-refractivity contribution in [1.82, 2.24) is 20.9 Å². The summed E-state index contributed by atoms with van der Waals surface area (Å²) in [4.78, 5) is 41.1. The summed E-state index contributed by atoms with van der Waals surface area (Å²) in [5.41, 5.74) is -0.509. The first kappa shape index (κ1) is 25.8. The second-order valence-electron chi connectivity index (χ2n) is 10.5. The molecule has 34 heavy (non-hydrogen) atoms. The Hall–Kier alpha value is -1.32. The number of piperidine rings is 1. The lowest BCUT2D eigenvalue weighted by molar-refractivity contribution is -0.142. The minimum Gasteiger partial charge on any atom is -0.378 e. The van der Waals surface area contributed by atoms with E-state index in [0.717, 1.165) is 44.3 Å². The van der Waals surface area contributed by atoms with E-state index in [1.165, 1.54) is 26.2 Å². The lowest BCUT2D eigenvalue weighted by Gasteiger charge is -2.46. The maximum Gasteiger partial charge on any atom is 0.228 e. The van der Waals surface area contributed by atoms with Crippen LogP contribution in [0.15, 0.2) is 0 Å². The maximum atomic E-state index is 14.1. The Morgan fingerprint density at radius 2 is 1.71 bits per heavy atom. The molecule has 0 aromatic rings. The van der Waals surface area contributed by atoms with E-state index in [9.17, 15) is 14.4 Å². The first-order valence-corrected chi connectivity index (χ1v) is 14.3. The molecule has 3 N–H and O–H groups in total. The van der Waals surface area contributed by atoms with Crippen molar-refractivity contribution in [1.29, 1.82) is 0 Å². The van der Waals surface area contributed by atoms with Crippen LogP contribution in [0.2, 0.25) is 0 Å². The standard InChI is InChI=1S/C25H42N4O4S/c1-18(30)27-21-17-25(10-11-26-21,19-7-5-3-2-4-6-8-19)24(32)28-22-20(9-16-34-22)23(31)29-12-14-33-15-13-29/h19-22,26H,2-17H2,1H3,(H,27,30)(H,28,32). The number of hydrogen-bond acceptors (Lipinski definition) is 6. The van der Waals surface area contributed by atoms with Gasteiger partial charge in [-0.25, -0.2) is 0 Å². The van der Waals surface area contributed by atoms with E-state index < -0.39 is 5.41 Å². The number of carbonyl (C=O) groups is 3. The molecule has 0 radical (unpaired) electrons. The molecule has 4 rings (SSSR count). The van der Waals surface area contributed by atoms with E-state index in [1.807, 2.05) is 4.90 Å². The summed E-state index contributed by atoms with van der Waals surface area (Å²) in [6.07, 6.45) is 10.2. The molecule has 4 aliphatic rings. The number of nitrogens with one attached hydrogen (secondary N) is 3. The molecule has 192 valence electrons. The number of thioether (sulfide) groups is 1. The van der Waals surface area contributed by atoms with Gasteiger partial charge in [0.15, 0.2) is 0 Å². The number of ether oxygens (including phenoxy) is 1. The van der Waals surface area contributed by atoms with Crippen LogP contribution in [-0.2, 0) is 19.1 Å². The van der Waals surface area contributed by atoms with E-state index in [0.29, 0.717) is 45.2 Å². The monoisotopic (exact) mass is 494 g/mol. The summed E-state index contributed by atoms with van der Waals surface area (Å²) < 4.78 is 5.42. The second kappa shape index (κ2) is 12.1. The third-order valence-corrected chi connectivity index (χ3v) is 9.53. The molecule has 8 nitrogen and oxygen atoms in total. The molecule has 9 heteroatoms. The van der Waals surface area contributed by atoms with Gasteiger partial charge in [0.05, 0.1) is 36.1 Å². The summed E-state index contributed by atoms with van der Waals surface area (Å²) >= 11 is 1.70. The van der Waals surface area contributed by atoms with Gasteiger partial charge >= 0.3 is 0 Å². The average Bonchev–Trinajstić information content (AvgIpc) is 3.26. The minimum atomic E-state index is -0.509. The van der Waals surface area contributed by atoms with E-state index >= 15 is 0 Å². The first-order valence-electron chi connectivity index (χ1n) is 13.3. The maximum absolute atomic E-state index is 14.1. The molecule has 3 heterocycles. The van der Waals surface area contributed by atoms with Gasteiger partial charge < -0.3 is 20.3 Å². The number of nitrogens with zero attached hydrogens (tertiary/aromatic N) is 1. The topological polar surface area (TPSA) is 99.8 Å². The van der Waals surface area contributed by atoms with Crippen LogP contribution in [0, 0.1) is 17.3 Å². The molecule has 4 atom stereocenters. The van der Waals surface area contributed by atoms with Crippen molar-refractivity contribution in [2.75, 3.05) is 38.6 Å². The van der Waals surface area contributed by atoms with Crippen molar-refractivity contribution in [3.63, 3.8) is 0 Å². The molecule has 4 unspecified atom stereocenters. The third-order valence-electron chi connectivity index (χ3n) is 8.25. The predicted octanol–water partition coefficient (Wildman–Crippen LogP) is 2.23. The zero-order chi connectivity index (χ0) is 24.0. The van der Waals surface area contributed by atoms with Gasteiger partial charge in [-0.1, -0.05) is 32.1 Å². The smallest absolute Gasteiger partial charge is 0.228 e. The molecule has 3 saturated heterocycles. The van der Waals surface area contributed by atoms with Crippen LogP contribution in [0.4, 0.5) is 0 Å². The summed E-state index contributed by atoms with van der Waals surface area (Å²) in [5, 5.41) is 9.61. The van der Waals surface area contributed by atoms with Gasteiger partial charge in [0, 0.05) is 20.0 Å². The fourth-order valence-corrected chi connectivity index (χ4v) is 7.72. The molecule has 0 aromatic carbocycles. The van der Waals surface area contributed by atoms with Gasteiger partial charge in [0.2, 0.25) is 17.7 Å². The predicted molar refractivity (Wildman–Crippen MR) is 133 cm³/mol. The minimum absolute atomic E-state index is 0.0751. The third kappa shape index (κ3) is 6.08. The van der Waals surface area contributed by atoms with E-state index in [-0.39, 0.29) is 35.2 Å². The summed E-state index contributed by atoms with van der Waals surface area (Å²) in [5.74, 6) is 1.20. The normalized spacial score (nSPS) is 33.6. The van der Waals surface area contributed by atoms with E-state index in [1.54, 1.807) is 11.8 Å². The van der Waals surface area contributed by atoms with Crippen LogP contribution in [0.25, 0.3) is 0 Å². The van der Waals surface area contributed by atoms with E-state index in [2.05, 4.69) is 16.0 Å². The molecule has 1 aliphatic carbocycles. The lowest BCUT2D eigenvalue weighted by Crippen LogP contribution is -2.60. The Labute approximate surface area is 208 Å². The number of hydrogen-bond donors (Lipinski definition) is 3. The summed E-state index contributed by atoms with van der Waals surface area (Å²) in [7, 11) is 0. The Morgan fingerprint density at radius 3 is 2.41 bits per heavy atom. The zero-order valence-electron chi connectivity index (χ0n) is 20.6. The van der Waals surface area contributed by atoms with Crippen molar-refractivity contribution in [3.8, 4) is 0 Å². The molecular weight excluding hydrogens is 452 g/mol. The lowest BCUT2D eigenvalue weighted by atomic mass is 9.63. The quantitative estimate of drug-likeness (QED) is 0.542. The fraction of sp³-hybridized carbons (Fsp3) is 0.880. The number of morpholine rings is 1. The highest BCUT2D eigenvalue weighted by atomic mass is 32.2. The van der Waals surface area contributed by atoms with Crippen LogP contribution in [0.3, 0.4) is 0 Å². The Bertz CT molecular complexity index is 724. The largest absolute Gasteiger partial charge is 0.378 e. The van der Waals surface area contributed by atoms with Crippen molar-refractivity contribution in [3.05, 3.63) is 0 Å². The molecule has 0 bridgehead atoms. The van der Waals surface area contributed by atoms with Crippen LogP contribution in [0.5, 0.6) is 0 Å². The second-order valence-corrected chi connectivity index (χ2v) is 11.7. The molecule has 0 aromatic heterocycles.